The summed E-state index contributed by atoms with van der Waals surface area (Å²) in [6.07, 6.45) is 3.31. The highest BCUT2D eigenvalue weighted by Gasteiger charge is 2.02. The van der Waals surface area contributed by atoms with E-state index in [2.05, 4.69) is 31.2 Å². The van der Waals surface area contributed by atoms with Crippen LogP contribution in [0.15, 0.2) is 41.1 Å². The third-order valence-corrected chi connectivity index (χ3v) is 2.68. The number of carboxylic acid groups (broad SMARTS) is 1. The average Bonchev–Trinajstić information content (AvgIpc) is 2.38. The summed E-state index contributed by atoms with van der Waals surface area (Å²) < 4.78 is 0.818. The Labute approximate surface area is 112 Å². The molecule has 18 heavy (non-hydrogen) atoms. The molecule has 0 spiro atoms. The van der Waals surface area contributed by atoms with Crippen LogP contribution >= 0.6 is 15.9 Å². The Kier molecular flexibility index (Phi) is 3.88. The molecule has 2 N–H and O–H groups in total. The number of carbonyl (C=O) groups is 1. The Morgan fingerprint density at radius 3 is 2.39 bits per heavy atom. The summed E-state index contributed by atoms with van der Waals surface area (Å²) >= 11 is 3.25. The van der Waals surface area contributed by atoms with Gasteiger partial charge in [0.05, 0.1) is 10.0 Å². The van der Waals surface area contributed by atoms with Crippen LogP contribution in [0.1, 0.15) is 15.9 Å². The van der Waals surface area contributed by atoms with Crippen LogP contribution in [0.5, 0.6) is 0 Å². The predicted octanol–water partition coefficient (Wildman–Crippen LogP) is 2.55. The zero-order chi connectivity index (χ0) is 13.0. The Morgan fingerprint density at radius 1 is 1.22 bits per heavy atom. The van der Waals surface area contributed by atoms with Gasteiger partial charge in [-0.25, -0.2) is 14.8 Å². The van der Waals surface area contributed by atoms with Crippen molar-refractivity contribution in [2.24, 2.45) is 0 Å². The van der Waals surface area contributed by atoms with E-state index in [9.17, 15) is 4.79 Å². The predicted molar refractivity (Wildman–Crippen MR) is 70.5 cm³/mol. The number of aromatic carboxylic acids is 1. The molecule has 0 unspecified atom stereocenters. The topological polar surface area (TPSA) is 75.1 Å². The number of hydrogen-bond donors (Lipinski definition) is 2. The molecule has 2 aromatic rings. The van der Waals surface area contributed by atoms with E-state index in [4.69, 9.17) is 5.11 Å². The molecule has 5 nitrogen and oxygen atoms in total. The van der Waals surface area contributed by atoms with E-state index in [-0.39, 0.29) is 5.56 Å². The zero-order valence-corrected chi connectivity index (χ0v) is 10.9. The van der Waals surface area contributed by atoms with E-state index >= 15 is 0 Å². The summed E-state index contributed by atoms with van der Waals surface area (Å²) in [4.78, 5) is 18.8. The van der Waals surface area contributed by atoms with Crippen molar-refractivity contribution in [3.63, 3.8) is 0 Å². The Balaban J connectivity index is 1.97. The molecular formula is C12H10BrN3O2. The van der Waals surface area contributed by atoms with Crippen molar-refractivity contribution in [3.05, 3.63) is 52.3 Å². The second kappa shape index (κ2) is 5.59. The number of carboxylic acids is 1. The van der Waals surface area contributed by atoms with Crippen molar-refractivity contribution in [2.75, 3.05) is 5.32 Å². The standard InChI is InChI=1S/C12H10BrN3O2/c13-10-6-15-12(16-7-10)14-5-8-1-3-9(4-2-8)11(17)18/h1-4,6-7H,5H2,(H,17,18)(H,14,15,16). The van der Waals surface area contributed by atoms with Gasteiger partial charge in [0.1, 0.15) is 0 Å². The first kappa shape index (κ1) is 12.5. The van der Waals surface area contributed by atoms with E-state index in [0.717, 1.165) is 10.0 Å². The van der Waals surface area contributed by atoms with Gasteiger partial charge in [0.2, 0.25) is 5.95 Å². The number of rotatable bonds is 4. The number of benzene rings is 1. The first-order valence-corrected chi connectivity index (χ1v) is 5.98. The summed E-state index contributed by atoms with van der Waals surface area (Å²) in [5, 5.41) is 11.8. The highest BCUT2D eigenvalue weighted by Crippen LogP contribution is 2.09. The molecule has 6 heteroatoms. The Morgan fingerprint density at radius 2 is 1.83 bits per heavy atom. The van der Waals surface area contributed by atoms with E-state index in [0.29, 0.717) is 12.5 Å². The van der Waals surface area contributed by atoms with Crippen molar-refractivity contribution < 1.29 is 9.90 Å². The van der Waals surface area contributed by atoms with E-state index in [1.165, 1.54) is 0 Å². The fraction of sp³-hybridized carbons (Fsp3) is 0.0833. The van der Waals surface area contributed by atoms with Gasteiger partial charge in [0, 0.05) is 18.9 Å². The lowest BCUT2D eigenvalue weighted by molar-refractivity contribution is 0.0697. The molecule has 0 aliphatic heterocycles. The summed E-state index contributed by atoms with van der Waals surface area (Å²) in [5.74, 6) is -0.397. The highest BCUT2D eigenvalue weighted by molar-refractivity contribution is 9.10. The van der Waals surface area contributed by atoms with Gasteiger partial charge in [-0.2, -0.15) is 0 Å². The van der Waals surface area contributed by atoms with Crippen LogP contribution < -0.4 is 5.32 Å². The quantitative estimate of drug-likeness (QED) is 0.908. The Bertz CT molecular complexity index is 540. The third-order valence-electron chi connectivity index (χ3n) is 2.27. The van der Waals surface area contributed by atoms with Gasteiger partial charge in [-0.3, -0.25) is 0 Å². The van der Waals surface area contributed by atoms with Crippen molar-refractivity contribution in [1.29, 1.82) is 0 Å². The second-order valence-corrected chi connectivity index (χ2v) is 4.50. The molecule has 1 heterocycles. The smallest absolute Gasteiger partial charge is 0.335 e. The fourth-order valence-electron chi connectivity index (χ4n) is 1.35. The van der Waals surface area contributed by atoms with Gasteiger partial charge in [0.25, 0.3) is 0 Å². The van der Waals surface area contributed by atoms with Gasteiger partial charge in [-0.1, -0.05) is 12.1 Å². The van der Waals surface area contributed by atoms with Crippen LogP contribution in [0.2, 0.25) is 0 Å². The van der Waals surface area contributed by atoms with Gasteiger partial charge < -0.3 is 10.4 Å². The molecule has 1 aromatic carbocycles. The molecule has 0 fully saturated rings. The molecular weight excluding hydrogens is 298 g/mol. The number of anilines is 1. The maximum absolute atomic E-state index is 10.7. The largest absolute Gasteiger partial charge is 0.478 e. The van der Waals surface area contributed by atoms with E-state index in [1.54, 1.807) is 36.7 Å². The van der Waals surface area contributed by atoms with Crippen LogP contribution in [0.25, 0.3) is 0 Å². The lowest BCUT2D eigenvalue weighted by Crippen LogP contribution is -2.03. The summed E-state index contributed by atoms with van der Waals surface area (Å²) in [6, 6.07) is 6.66. The molecule has 0 radical (unpaired) electrons. The molecule has 0 saturated carbocycles. The van der Waals surface area contributed by atoms with Crippen LogP contribution in [-0.2, 0) is 6.54 Å². The normalized spacial score (nSPS) is 10.1. The van der Waals surface area contributed by atoms with Gasteiger partial charge in [0.15, 0.2) is 0 Å². The first-order valence-electron chi connectivity index (χ1n) is 5.19. The van der Waals surface area contributed by atoms with E-state index < -0.39 is 5.97 Å². The maximum atomic E-state index is 10.7. The third kappa shape index (κ3) is 3.27. The van der Waals surface area contributed by atoms with Gasteiger partial charge in [-0.05, 0) is 33.6 Å². The molecule has 0 bridgehead atoms. The molecule has 0 aliphatic rings. The molecule has 92 valence electrons. The number of nitrogens with one attached hydrogen (secondary N) is 1. The van der Waals surface area contributed by atoms with Crippen LogP contribution in [0.3, 0.4) is 0 Å². The van der Waals surface area contributed by atoms with Crippen molar-refractivity contribution in [2.45, 2.75) is 6.54 Å². The fourth-order valence-corrected chi connectivity index (χ4v) is 1.55. The Hall–Kier alpha value is -1.95. The number of aromatic nitrogens is 2. The van der Waals surface area contributed by atoms with Crippen molar-refractivity contribution in [3.8, 4) is 0 Å². The minimum absolute atomic E-state index is 0.277. The zero-order valence-electron chi connectivity index (χ0n) is 9.30. The van der Waals surface area contributed by atoms with Crippen LogP contribution in [-0.4, -0.2) is 21.0 Å². The second-order valence-electron chi connectivity index (χ2n) is 3.58. The number of halogens is 1. The maximum Gasteiger partial charge on any atom is 0.335 e. The molecule has 2 rings (SSSR count). The molecule has 1 aromatic heterocycles. The minimum atomic E-state index is -0.925. The van der Waals surface area contributed by atoms with Crippen molar-refractivity contribution >= 4 is 27.8 Å². The molecule has 0 amide bonds. The summed E-state index contributed by atoms with van der Waals surface area (Å²) in [5.41, 5.74) is 1.24. The van der Waals surface area contributed by atoms with Crippen LogP contribution in [0.4, 0.5) is 5.95 Å². The highest BCUT2D eigenvalue weighted by atomic mass is 79.9. The van der Waals surface area contributed by atoms with Crippen LogP contribution in [0, 0.1) is 0 Å². The average molecular weight is 308 g/mol. The molecule has 0 atom stereocenters. The lowest BCUT2D eigenvalue weighted by atomic mass is 10.1. The summed E-state index contributed by atoms with van der Waals surface area (Å²) in [6.45, 7) is 0.543. The van der Waals surface area contributed by atoms with Crippen molar-refractivity contribution in [1.82, 2.24) is 9.97 Å². The number of hydrogen-bond acceptors (Lipinski definition) is 4. The monoisotopic (exact) mass is 307 g/mol. The van der Waals surface area contributed by atoms with E-state index in [1.807, 2.05) is 0 Å². The van der Waals surface area contributed by atoms with Gasteiger partial charge in [-0.15, -0.1) is 0 Å². The molecule has 0 saturated heterocycles. The minimum Gasteiger partial charge on any atom is -0.478 e. The molecule has 0 aliphatic carbocycles. The van der Waals surface area contributed by atoms with Gasteiger partial charge >= 0.3 is 5.97 Å². The summed E-state index contributed by atoms with van der Waals surface area (Å²) in [7, 11) is 0. The first-order chi connectivity index (χ1) is 8.65. The lowest BCUT2D eigenvalue weighted by Gasteiger charge is -2.04. The SMILES string of the molecule is O=C(O)c1ccc(CNc2ncc(Br)cn2)cc1. The number of nitrogens with zero attached hydrogens (tertiary/aromatic N) is 2.